The largest absolute Gasteiger partial charge is 0.367 e. The van der Waals surface area contributed by atoms with Gasteiger partial charge in [0.25, 0.3) is 0 Å². The van der Waals surface area contributed by atoms with Crippen molar-refractivity contribution in [1.29, 1.82) is 0 Å². The molecule has 1 aliphatic heterocycles. The topological polar surface area (TPSA) is 36.7 Å². The maximum absolute atomic E-state index is 15.0. The second-order valence-corrected chi connectivity index (χ2v) is 7.22. The molecule has 5 nitrogen and oxygen atoms in total. The second kappa shape index (κ2) is 8.10. The second-order valence-electron chi connectivity index (χ2n) is 7.22. The summed E-state index contributed by atoms with van der Waals surface area (Å²) < 4.78 is 16.7. The van der Waals surface area contributed by atoms with Gasteiger partial charge in [0.2, 0.25) is 0 Å². The quantitative estimate of drug-likeness (QED) is 0.646. The number of aromatic nitrogens is 3. The molecular formula is C22H26FN5. The van der Waals surface area contributed by atoms with Gasteiger partial charge in [0.15, 0.2) is 5.65 Å². The Labute approximate surface area is 165 Å². The Bertz CT molecular complexity index is 972. The molecule has 1 aromatic carbocycles. The van der Waals surface area contributed by atoms with Gasteiger partial charge in [-0.2, -0.15) is 5.10 Å². The highest BCUT2D eigenvalue weighted by Gasteiger charge is 2.20. The number of piperazine rings is 1. The lowest BCUT2D eigenvalue weighted by Gasteiger charge is -2.36. The lowest BCUT2D eigenvalue weighted by molar-refractivity contribution is 0.253. The van der Waals surface area contributed by atoms with Crippen molar-refractivity contribution in [3.05, 3.63) is 54.6 Å². The van der Waals surface area contributed by atoms with Crippen LogP contribution in [-0.2, 0) is 0 Å². The molecule has 6 heteroatoms. The molecule has 0 N–H and O–H groups in total. The zero-order valence-corrected chi connectivity index (χ0v) is 16.3. The first-order chi connectivity index (χ1) is 13.7. The number of hydrogen-bond donors (Lipinski definition) is 0. The van der Waals surface area contributed by atoms with Crippen molar-refractivity contribution in [2.75, 3.05) is 37.6 Å². The monoisotopic (exact) mass is 379 g/mol. The Balaban J connectivity index is 1.55. The van der Waals surface area contributed by atoms with E-state index < -0.39 is 0 Å². The molecule has 0 spiro atoms. The molecule has 0 amide bonds. The predicted molar refractivity (Wildman–Crippen MR) is 112 cm³/mol. The van der Waals surface area contributed by atoms with E-state index in [1.54, 1.807) is 22.9 Å². The molecule has 1 fully saturated rings. The third-order valence-electron chi connectivity index (χ3n) is 5.38. The van der Waals surface area contributed by atoms with E-state index in [2.05, 4.69) is 33.4 Å². The van der Waals surface area contributed by atoms with Crippen molar-refractivity contribution in [2.24, 2.45) is 0 Å². The summed E-state index contributed by atoms with van der Waals surface area (Å²) in [5.74, 6) is -0.200. The fourth-order valence-electron chi connectivity index (χ4n) is 3.71. The summed E-state index contributed by atoms with van der Waals surface area (Å²) in [5.41, 5.74) is 3.70. The van der Waals surface area contributed by atoms with Gasteiger partial charge in [0, 0.05) is 31.7 Å². The maximum Gasteiger partial charge on any atom is 0.154 e. The summed E-state index contributed by atoms with van der Waals surface area (Å²) >= 11 is 0. The van der Waals surface area contributed by atoms with Crippen LogP contribution in [0.5, 0.6) is 0 Å². The van der Waals surface area contributed by atoms with Gasteiger partial charge in [-0.1, -0.05) is 26.0 Å². The Morgan fingerprint density at radius 3 is 2.68 bits per heavy atom. The van der Waals surface area contributed by atoms with Crippen LogP contribution in [0.25, 0.3) is 23.0 Å². The SMILES string of the molecule is C=Cc1ccc2ncc(-c3ccc(N4CCN(CCCC)CC4)c(F)c3)n2n1. The molecule has 0 radical (unpaired) electrons. The first-order valence-electron chi connectivity index (χ1n) is 9.94. The molecule has 0 bridgehead atoms. The summed E-state index contributed by atoms with van der Waals surface area (Å²) in [7, 11) is 0. The van der Waals surface area contributed by atoms with E-state index in [0.717, 1.165) is 55.3 Å². The maximum atomic E-state index is 15.0. The van der Waals surface area contributed by atoms with E-state index in [1.807, 2.05) is 24.3 Å². The van der Waals surface area contributed by atoms with Gasteiger partial charge < -0.3 is 4.90 Å². The number of fused-ring (bicyclic) bond motifs is 1. The van der Waals surface area contributed by atoms with Gasteiger partial charge in [-0.25, -0.2) is 13.9 Å². The van der Waals surface area contributed by atoms with Crippen LogP contribution < -0.4 is 4.90 Å². The molecule has 0 saturated carbocycles. The third-order valence-corrected chi connectivity index (χ3v) is 5.38. The summed E-state index contributed by atoms with van der Waals surface area (Å²) in [6, 6.07) is 9.17. The first kappa shape index (κ1) is 18.6. The zero-order chi connectivity index (χ0) is 19.5. The smallest absolute Gasteiger partial charge is 0.154 e. The minimum absolute atomic E-state index is 0.200. The van der Waals surface area contributed by atoms with E-state index >= 15 is 0 Å². The minimum Gasteiger partial charge on any atom is -0.367 e. The van der Waals surface area contributed by atoms with E-state index in [0.29, 0.717) is 5.69 Å². The van der Waals surface area contributed by atoms with Gasteiger partial charge in [0.05, 0.1) is 23.3 Å². The normalized spacial score (nSPS) is 15.3. The number of hydrogen-bond acceptors (Lipinski definition) is 4. The highest BCUT2D eigenvalue weighted by molar-refractivity contribution is 5.66. The number of rotatable bonds is 6. The van der Waals surface area contributed by atoms with Crippen molar-refractivity contribution in [3.63, 3.8) is 0 Å². The lowest BCUT2D eigenvalue weighted by atomic mass is 10.1. The number of imidazole rings is 1. The molecule has 1 aliphatic rings. The summed E-state index contributed by atoms with van der Waals surface area (Å²) in [4.78, 5) is 8.98. The fraction of sp³-hybridized carbons (Fsp3) is 0.364. The number of halogens is 1. The van der Waals surface area contributed by atoms with Crippen molar-refractivity contribution in [3.8, 4) is 11.3 Å². The first-order valence-corrected chi connectivity index (χ1v) is 9.94. The van der Waals surface area contributed by atoms with Crippen molar-refractivity contribution in [2.45, 2.75) is 19.8 Å². The van der Waals surface area contributed by atoms with E-state index in [1.165, 1.54) is 12.8 Å². The van der Waals surface area contributed by atoms with Crippen LogP contribution in [-0.4, -0.2) is 52.2 Å². The molecule has 0 atom stereocenters. The minimum atomic E-state index is -0.200. The molecule has 3 heterocycles. The number of anilines is 1. The molecule has 0 unspecified atom stereocenters. The number of benzene rings is 1. The van der Waals surface area contributed by atoms with Crippen molar-refractivity contribution >= 4 is 17.4 Å². The van der Waals surface area contributed by atoms with Gasteiger partial charge in [-0.3, -0.25) is 4.90 Å². The molecule has 2 aromatic heterocycles. The van der Waals surface area contributed by atoms with E-state index in [4.69, 9.17) is 0 Å². The Hall–Kier alpha value is -2.73. The van der Waals surface area contributed by atoms with Crippen LogP contribution in [0.4, 0.5) is 10.1 Å². The van der Waals surface area contributed by atoms with Crippen molar-refractivity contribution in [1.82, 2.24) is 19.5 Å². The van der Waals surface area contributed by atoms with Crippen LogP contribution >= 0.6 is 0 Å². The molecule has 146 valence electrons. The standard InChI is InChI=1S/C22H26FN5/c1-3-5-10-26-11-13-27(14-12-26)20-8-6-17(15-19(20)23)21-16-24-22-9-7-18(4-2)25-28(21)22/h4,6-9,15-16H,2-3,5,10-14H2,1H3. The van der Waals surface area contributed by atoms with Crippen molar-refractivity contribution < 1.29 is 4.39 Å². The average Bonchev–Trinajstić information content (AvgIpc) is 3.15. The molecule has 4 rings (SSSR count). The third kappa shape index (κ3) is 3.64. The van der Waals surface area contributed by atoms with Crippen LogP contribution in [0.15, 0.2) is 43.1 Å². The van der Waals surface area contributed by atoms with Gasteiger partial charge >= 0.3 is 0 Å². The van der Waals surface area contributed by atoms with Gasteiger partial charge in [-0.05, 0) is 43.3 Å². The van der Waals surface area contributed by atoms with Crippen LogP contribution in [0, 0.1) is 5.82 Å². The number of unbranched alkanes of at least 4 members (excludes halogenated alkanes) is 1. The van der Waals surface area contributed by atoms with E-state index in [-0.39, 0.29) is 5.82 Å². The molecule has 1 saturated heterocycles. The Morgan fingerprint density at radius 1 is 1.14 bits per heavy atom. The Morgan fingerprint density at radius 2 is 1.96 bits per heavy atom. The molecular weight excluding hydrogens is 353 g/mol. The van der Waals surface area contributed by atoms with Gasteiger partial charge in [0.1, 0.15) is 5.82 Å². The zero-order valence-electron chi connectivity index (χ0n) is 16.3. The predicted octanol–water partition coefficient (Wildman–Crippen LogP) is 4.10. The fourth-order valence-corrected chi connectivity index (χ4v) is 3.71. The summed E-state index contributed by atoms with van der Waals surface area (Å²) in [5, 5.41) is 4.50. The highest BCUT2D eigenvalue weighted by Crippen LogP contribution is 2.27. The van der Waals surface area contributed by atoms with E-state index in [9.17, 15) is 4.39 Å². The van der Waals surface area contributed by atoms with Gasteiger partial charge in [-0.15, -0.1) is 0 Å². The molecule has 0 aliphatic carbocycles. The molecule has 3 aromatic rings. The highest BCUT2D eigenvalue weighted by atomic mass is 19.1. The van der Waals surface area contributed by atoms with Crippen LogP contribution in [0.2, 0.25) is 0 Å². The number of nitrogens with zero attached hydrogens (tertiary/aromatic N) is 5. The lowest BCUT2D eigenvalue weighted by Crippen LogP contribution is -2.46. The summed E-state index contributed by atoms with van der Waals surface area (Å²) in [6.07, 6.45) is 5.86. The average molecular weight is 379 g/mol. The van der Waals surface area contributed by atoms with Crippen LogP contribution in [0.3, 0.4) is 0 Å². The van der Waals surface area contributed by atoms with Crippen LogP contribution in [0.1, 0.15) is 25.5 Å². The Kier molecular flexibility index (Phi) is 5.39. The molecule has 28 heavy (non-hydrogen) atoms. The summed E-state index contributed by atoms with van der Waals surface area (Å²) in [6.45, 7) is 10.8.